The Morgan fingerprint density at radius 3 is 2.66 bits per heavy atom. The quantitative estimate of drug-likeness (QED) is 0.578. The van der Waals surface area contributed by atoms with Crippen LogP contribution < -0.4 is 10.2 Å². The van der Waals surface area contributed by atoms with E-state index in [0.717, 1.165) is 36.6 Å². The molecule has 1 fully saturated rings. The van der Waals surface area contributed by atoms with E-state index in [-0.39, 0.29) is 16.6 Å². The van der Waals surface area contributed by atoms with Crippen LogP contribution in [0.25, 0.3) is 0 Å². The molecule has 0 spiro atoms. The molecule has 0 aliphatic carbocycles. The smallest absolute Gasteiger partial charge is 0.276 e. The van der Waals surface area contributed by atoms with Crippen LogP contribution in [0.15, 0.2) is 59.9 Å². The Hall–Kier alpha value is -2.64. The molecular weight excluding hydrogens is 406 g/mol. The van der Waals surface area contributed by atoms with Crippen LogP contribution in [0.5, 0.6) is 0 Å². The van der Waals surface area contributed by atoms with Crippen molar-refractivity contribution < 1.29 is 4.79 Å². The Balaban J connectivity index is 1.40. The fourth-order valence-electron chi connectivity index (χ4n) is 3.06. The van der Waals surface area contributed by atoms with Gasteiger partial charge in [-0.3, -0.25) is 9.78 Å². The van der Waals surface area contributed by atoms with Crippen molar-refractivity contribution in [2.24, 2.45) is 0 Å². The van der Waals surface area contributed by atoms with Crippen LogP contribution in [0, 0.1) is 0 Å². The average Bonchev–Trinajstić information content (AvgIpc) is 3.29. The highest BCUT2D eigenvalue weighted by atomic mass is 35.5. The zero-order valence-corrected chi connectivity index (χ0v) is 17.3. The van der Waals surface area contributed by atoms with E-state index in [1.165, 1.54) is 11.8 Å². The number of nitrogens with one attached hydrogen (secondary N) is 1. The Morgan fingerprint density at radius 1 is 1.14 bits per heavy atom. The average molecular weight is 426 g/mol. The molecule has 3 heterocycles. The van der Waals surface area contributed by atoms with Gasteiger partial charge >= 0.3 is 0 Å². The van der Waals surface area contributed by atoms with Crippen molar-refractivity contribution in [1.82, 2.24) is 15.0 Å². The number of amides is 1. The van der Waals surface area contributed by atoms with Crippen LogP contribution in [0.3, 0.4) is 0 Å². The van der Waals surface area contributed by atoms with Gasteiger partial charge in [0, 0.05) is 41.8 Å². The number of nitrogens with zero attached hydrogens (tertiary/aromatic N) is 4. The van der Waals surface area contributed by atoms with E-state index >= 15 is 0 Å². The van der Waals surface area contributed by atoms with E-state index in [4.69, 9.17) is 11.6 Å². The summed E-state index contributed by atoms with van der Waals surface area (Å²) >= 11 is 7.89. The molecule has 0 unspecified atom stereocenters. The number of rotatable bonds is 6. The van der Waals surface area contributed by atoms with Crippen molar-refractivity contribution in [3.8, 4) is 0 Å². The van der Waals surface area contributed by atoms with Crippen molar-refractivity contribution >= 4 is 40.9 Å². The maximum Gasteiger partial charge on any atom is 0.276 e. The number of pyridine rings is 1. The highest BCUT2D eigenvalue weighted by Crippen LogP contribution is 2.25. The number of hydrogen-bond acceptors (Lipinski definition) is 6. The Labute approximate surface area is 178 Å². The van der Waals surface area contributed by atoms with Crippen LogP contribution in [-0.2, 0) is 5.75 Å². The standard InChI is InChI=1S/C21H20ClN5OS/c22-18-13-24-21(27-10-1-2-11-27)26-19(18)20(28)25-16-5-7-17(8-6-16)29-14-15-4-3-9-23-12-15/h3-9,12-13H,1-2,10-11,14H2,(H,25,28). The fraction of sp³-hybridized carbons (Fsp3) is 0.238. The van der Waals surface area contributed by atoms with Gasteiger partial charge in [-0.2, -0.15) is 0 Å². The summed E-state index contributed by atoms with van der Waals surface area (Å²) in [6, 6.07) is 11.7. The van der Waals surface area contributed by atoms with E-state index in [1.54, 1.807) is 18.0 Å². The van der Waals surface area contributed by atoms with Gasteiger partial charge in [0.05, 0.1) is 11.2 Å². The van der Waals surface area contributed by atoms with Crippen molar-refractivity contribution in [2.75, 3.05) is 23.3 Å². The van der Waals surface area contributed by atoms with Crippen LogP contribution in [0.2, 0.25) is 5.02 Å². The zero-order chi connectivity index (χ0) is 20.1. The highest BCUT2D eigenvalue weighted by molar-refractivity contribution is 7.98. The Kier molecular flexibility index (Phi) is 6.27. The van der Waals surface area contributed by atoms with Crippen molar-refractivity contribution in [3.63, 3.8) is 0 Å². The summed E-state index contributed by atoms with van der Waals surface area (Å²) in [6.45, 7) is 1.81. The first-order valence-corrected chi connectivity index (χ1v) is 10.8. The van der Waals surface area contributed by atoms with Crippen molar-refractivity contribution in [3.05, 3.63) is 71.3 Å². The summed E-state index contributed by atoms with van der Waals surface area (Å²) < 4.78 is 0. The SMILES string of the molecule is O=C(Nc1ccc(SCc2cccnc2)cc1)c1nc(N2CCCC2)ncc1Cl. The molecular formula is C21H20ClN5OS. The second-order valence-corrected chi connectivity index (χ2v) is 8.15. The molecule has 0 saturated carbocycles. The molecule has 8 heteroatoms. The predicted octanol–water partition coefficient (Wildman–Crippen LogP) is 4.67. The third-order valence-corrected chi connectivity index (χ3v) is 5.94. The van der Waals surface area contributed by atoms with Gasteiger partial charge < -0.3 is 10.2 Å². The van der Waals surface area contributed by atoms with Crippen LogP contribution >= 0.6 is 23.4 Å². The summed E-state index contributed by atoms with van der Waals surface area (Å²) in [5.74, 6) is 1.06. The zero-order valence-electron chi connectivity index (χ0n) is 15.7. The maximum atomic E-state index is 12.7. The molecule has 29 heavy (non-hydrogen) atoms. The first-order chi connectivity index (χ1) is 14.2. The van der Waals surface area contributed by atoms with Gasteiger partial charge in [-0.25, -0.2) is 9.97 Å². The van der Waals surface area contributed by atoms with Gasteiger partial charge in [-0.1, -0.05) is 17.7 Å². The molecule has 1 saturated heterocycles. The predicted molar refractivity (Wildman–Crippen MR) is 117 cm³/mol. The molecule has 4 rings (SSSR count). The molecule has 0 radical (unpaired) electrons. The second kappa shape index (κ2) is 9.24. The van der Waals surface area contributed by atoms with Gasteiger partial charge in [0.1, 0.15) is 0 Å². The molecule has 2 aromatic heterocycles. The molecule has 1 aliphatic rings. The molecule has 0 bridgehead atoms. The van der Waals surface area contributed by atoms with E-state index in [0.29, 0.717) is 11.6 Å². The third-order valence-electron chi connectivity index (χ3n) is 4.58. The summed E-state index contributed by atoms with van der Waals surface area (Å²) in [7, 11) is 0. The molecule has 1 aromatic carbocycles. The lowest BCUT2D eigenvalue weighted by Gasteiger charge is -2.16. The van der Waals surface area contributed by atoms with Gasteiger partial charge in [0.15, 0.2) is 5.69 Å². The molecule has 1 aliphatic heterocycles. The van der Waals surface area contributed by atoms with Gasteiger partial charge in [0.25, 0.3) is 5.91 Å². The van der Waals surface area contributed by atoms with Gasteiger partial charge in [-0.05, 0) is 48.7 Å². The second-order valence-electron chi connectivity index (χ2n) is 6.69. The number of benzene rings is 1. The van der Waals surface area contributed by atoms with E-state index in [1.807, 2.05) is 36.5 Å². The first-order valence-electron chi connectivity index (χ1n) is 9.39. The van der Waals surface area contributed by atoms with Crippen LogP contribution in [0.4, 0.5) is 11.6 Å². The minimum absolute atomic E-state index is 0.193. The Morgan fingerprint density at radius 2 is 1.93 bits per heavy atom. The molecule has 1 N–H and O–H groups in total. The minimum atomic E-state index is -0.339. The topological polar surface area (TPSA) is 71.0 Å². The molecule has 3 aromatic rings. The van der Waals surface area contributed by atoms with E-state index in [2.05, 4.69) is 31.2 Å². The van der Waals surface area contributed by atoms with E-state index in [9.17, 15) is 4.79 Å². The number of hydrogen-bond donors (Lipinski definition) is 1. The number of thioether (sulfide) groups is 1. The fourth-order valence-corrected chi connectivity index (χ4v) is 4.07. The summed E-state index contributed by atoms with van der Waals surface area (Å²) in [5, 5.41) is 3.11. The third kappa shape index (κ3) is 5.05. The van der Waals surface area contributed by atoms with Crippen LogP contribution in [0.1, 0.15) is 28.9 Å². The summed E-state index contributed by atoms with van der Waals surface area (Å²) in [4.78, 5) is 28.6. The molecule has 1 amide bonds. The van der Waals surface area contributed by atoms with Gasteiger partial charge in [0.2, 0.25) is 5.95 Å². The largest absolute Gasteiger partial charge is 0.341 e. The number of halogens is 1. The first kappa shape index (κ1) is 19.7. The lowest BCUT2D eigenvalue weighted by Crippen LogP contribution is -2.23. The molecule has 6 nitrogen and oxygen atoms in total. The van der Waals surface area contributed by atoms with Gasteiger partial charge in [-0.15, -0.1) is 11.8 Å². The number of carbonyl (C=O) groups excluding carboxylic acids is 1. The lowest BCUT2D eigenvalue weighted by atomic mass is 10.3. The number of anilines is 2. The summed E-state index contributed by atoms with van der Waals surface area (Å²) in [6.07, 6.45) is 7.35. The number of carbonyl (C=O) groups is 1. The molecule has 0 atom stereocenters. The lowest BCUT2D eigenvalue weighted by molar-refractivity contribution is 0.102. The monoisotopic (exact) mass is 425 g/mol. The normalized spacial score (nSPS) is 13.5. The van der Waals surface area contributed by atoms with Crippen LogP contribution in [-0.4, -0.2) is 33.9 Å². The summed E-state index contributed by atoms with van der Waals surface area (Å²) in [5.41, 5.74) is 2.05. The van der Waals surface area contributed by atoms with Crippen molar-refractivity contribution in [1.29, 1.82) is 0 Å². The Bertz CT molecular complexity index is 978. The molecule has 148 valence electrons. The minimum Gasteiger partial charge on any atom is -0.341 e. The highest BCUT2D eigenvalue weighted by Gasteiger charge is 2.19. The van der Waals surface area contributed by atoms with Crippen molar-refractivity contribution in [2.45, 2.75) is 23.5 Å². The van der Waals surface area contributed by atoms with E-state index < -0.39 is 0 Å². The maximum absolute atomic E-state index is 12.7. The number of aromatic nitrogens is 3.